The highest BCUT2D eigenvalue weighted by Gasteiger charge is 2.48. The molecule has 2 unspecified atom stereocenters. The molecular weight excluding hydrogens is 260 g/mol. The molecule has 118 valence electrons. The number of rotatable bonds is 5. The van der Waals surface area contributed by atoms with Gasteiger partial charge in [0.2, 0.25) is 0 Å². The fourth-order valence-electron chi connectivity index (χ4n) is 3.70. The molecule has 0 bridgehead atoms. The van der Waals surface area contributed by atoms with Gasteiger partial charge in [0.25, 0.3) is 0 Å². The molecule has 1 aliphatic heterocycles. The molecule has 4 heteroatoms. The third kappa shape index (κ3) is 3.02. The highest BCUT2D eigenvalue weighted by molar-refractivity contribution is 5.09. The Hall–Kier alpha value is -0.870. The van der Waals surface area contributed by atoms with Gasteiger partial charge in [-0.15, -0.1) is 0 Å². The van der Waals surface area contributed by atoms with Crippen LogP contribution in [0.15, 0.2) is 12.4 Å². The summed E-state index contributed by atoms with van der Waals surface area (Å²) in [6, 6.07) is 0. The summed E-state index contributed by atoms with van der Waals surface area (Å²) in [6.07, 6.45) is 9.26. The van der Waals surface area contributed by atoms with Gasteiger partial charge in [-0.1, -0.05) is 6.92 Å². The van der Waals surface area contributed by atoms with Crippen molar-refractivity contribution in [1.29, 1.82) is 0 Å². The van der Waals surface area contributed by atoms with Gasteiger partial charge in [0.1, 0.15) is 0 Å². The number of nitrogens with zero attached hydrogens (tertiary/aromatic N) is 3. The van der Waals surface area contributed by atoms with E-state index >= 15 is 0 Å². The normalized spacial score (nSPS) is 34.3. The van der Waals surface area contributed by atoms with E-state index in [0.717, 1.165) is 25.4 Å². The average Bonchev–Trinajstić information content (AvgIpc) is 3.24. The number of aromatic nitrogens is 2. The van der Waals surface area contributed by atoms with Crippen LogP contribution in [0.4, 0.5) is 0 Å². The van der Waals surface area contributed by atoms with Crippen molar-refractivity contribution in [2.45, 2.75) is 57.5 Å². The Morgan fingerprint density at radius 2 is 2.14 bits per heavy atom. The van der Waals surface area contributed by atoms with Crippen LogP contribution in [0.3, 0.4) is 0 Å². The van der Waals surface area contributed by atoms with Gasteiger partial charge in [0.15, 0.2) is 0 Å². The third-order valence-corrected chi connectivity index (χ3v) is 5.82. The minimum atomic E-state index is 0.288. The zero-order chi connectivity index (χ0) is 15.1. The lowest BCUT2D eigenvalue weighted by Crippen LogP contribution is -2.69. The van der Waals surface area contributed by atoms with Gasteiger partial charge in [0.05, 0.1) is 6.20 Å². The van der Waals surface area contributed by atoms with E-state index < -0.39 is 0 Å². The van der Waals surface area contributed by atoms with Crippen LogP contribution in [0.1, 0.15) is 45.6 Å². The zero-order valence-electron chi connectivity index (χ0n) is 14.0. The molecule has 21 heavy (non-hydrogen) atoms. The second-order valence-electron chi connectivity index (χ2n) is 7.59. The average molecular weight is 290 g/mol. The molecular formula is C17H30N4. The summed E-state index contributed by atoms with van der Waals surface area (Å²) in [4.78, 5) is 2.73. The SMILES string of the molecule is CCC1(C)CNC(C)(C2CC2)CN1CCc1cnn(C)c1. The standard InChI is InChI=1S/C17H30N4/c1-5-16(2)12-18-17(3,15-6-7-15)13-21(16)9-8-14-10-19-20(4)11-14/h10-11,15,18H,5-9,12-13H2,1-4H3. The molecule has 1 aromatic rings. The van der Waals surface area contributed by atoms with E-state index in [1.807, 2.05) is 17.9 Å². The van der Waals surface area contributed by atoms with Gasteiger partial charge in [-0.2, -0.15) is 5.10 Å². The molecule has 0 amide bonds. The van der Waals surface area contributed by atoms with Gasteiger partial charge >= 0.3 is 0 Å². The van der Waals surface area contributed by atoms with E-state index in [9.17, 15) is 0 Å². The van der Waals surface area contributed by atoms with Gasteiger partial charge in [-0.25, -0.2) is 0 Å². The molecule has 4 nitrogen and oxygen atoms in total. The van der Waals surface area contributed by atoms with Crippen molar-refractivity contribution in [1.82, 2.24) is 20.0 Å². The Balaban J connectivity index is 1.68. The van der Waals surface area contributed by atoms with Crippen molar-refractivity contribution in [2.75, 3.05) is 19.6 Å². The molecule has 2 heterocycles. The molecule has 1 aliphatic carbocycles. The Kier molecular flexibility index (Phi) is 3.87. The first-order chi connectivity index (χ1) is 9.95. The summed E-state index contributed by atoms with van der Waals surface area (Å²) in [5.41, 5.74) is 1.96. The van der Waals surface area contributed by atoms with Crippen LogP contribution in [-0.4, -0.2) is 45.4 Å². The topological polar surface area (TPSA) is 33.1 Å². The fraction of sp³-hybridized carbons (Fsp3) is 0.824. The second-order valence-corrected chi connectivity index (χ2v) is 7.59. The van der Waals surface area contributed by atoms with Crippen LogP contribution >= 0.6 is 0 Å². The van der Waals surface area contributed by atoms with Crippen LogP contribution in [0.2, 0.25) is 0 Å². The van der Waals surface area contributed by atoms with Crippen LogP contribution in [-0.2, 0) is 13.5 Å². The first-order valence-corrected chi connectivity index (χ1v) is 8.43. The quantitative estimate of drug-likeness (QED) is 0.902. The predicted molar refractivity (Wildman–Crippen MR) is 86.3 cm³/mol. The first-order valence-electron chi connectivity index (χ1n) is 8.43. The van der Waals surface area contributed by atoms with Gasteiger partial charge < -0.3 is 5.32 Å². The zero-order valence-corrected chi connectivity index (χ0v) is 14.0. The summed E-state index contributed by atoms with van der Waals surface area (Å²) in [6.45, 7) is 10.6. The summed E-state index contributed by atoms with van der Waals surface area (Å²) >= 11 is 0. The Morgan fingerprint density at radius 1 is 1.38 bits per heavy atom. The van der Waals surface area contributed by atoms with Crippen LogP contribution in [0.5, 0.6) is 0 Å². The van der Waals surface area contributed by atoms with Gasteiger partial charge in [-0.3, -0.25) is 9.58 Å². The second kappa shape index (κ2) is 5.40. The number of hydrogen-bond acceptors (Lipinski definition) is 3. The number of nitrogens with one attached hydrogen (secondary N) is 1. The molecule has 3 rings (SSSR count). The molecule has 1 N–H and O–H groups in total. The minimum absolute atomic E-state index is 0.288. The summed E-state index contributed by atoms with van der Waals surface area (Å²) < 4.78 is 1.90. The van der Waals surface area contributed by atoms with Crippen molar-refractivity contribution in [3.05, 3.63) is 18.0 Å². The van der Waals surface area contributed by atoms with Gasteiger partial charge in [0, 0.05) is 44.0 Å². The summed E-state index contributed by atoms with van der Waals surface area (Å²) in [5.74, 6) is 0.889. The molecule has 1 aromatic heterocycles. The molecule has 1 saturated carbocycles. The predicted octanol–water partition coefficient (Wildman–Crippen LogP) is 2.21. The van der Waals surface area contributed by atoms with E-state index in [-0.39, 0.29) is 5.54 Å². The molecule has 0 spiro atoms. The lowest BCUT2D eigenvalue weighted by molar-refractivity contribution is 0.0116. The molecule has 0 radical (unpaired) electrons. The smallest absolute Gasteiger partial charge is 0.0522 e. The largest absolute Gasteiger partial charge is 0.308 e. The molecule has 2 atom stereocenters. The molecule has 0 aromatic carbocycles. The van der Waals surface area contributed by atoms with Crippen LogP contribution in [0.25, 0.3) is 0 Å². The molecule has 1 saturated heterocycles. The number of piperazine rings is 1. The molecule has 2 fully saturated rings. The Labute approximate surface area is 128 Å². The van der Waals surface area contributed by atoms with E-state index in [1.165, 1.54) is 31.4 Å². The monoisotopic (exact) mass is 290 g/mol. The van der Waals surface area contributed by atoms with Crippen LogP contribution in [0, 0.1) is 5.92 Å². The van der Waals surface area contributed by atoms with Crippen molar-refractivity contribution in [3.63, 3.8) is 0 Å². The van der Waals surface area contributed by atoms with Crippen molar-refractivity contribution >= 4 is 0 Å². The van der Waals surface area contributed by atoms with E-state index in [2.05, 4.69) is 42.3 Å². The molecule has 2 aliphatic rings. The van der Waals surface area contributed by atoms with Crippen molar-refractivity contribution in [3.8, 4) is 0 Å². The first kappa shape index (κ1) is 15.0. The lowest BCUT2D eigenvalue weighted by Gasteiger charge is -2.52. The maximum atomic E-state index is 4.29. The van der Waals surface area contributed by atoms with E-state index in [4.69, 9.17) is 0 Å². The number of hydrogen-bond donors (Lipinski definition) is 1. The maximum Gasteiger partial charge on any atom is 0.0522 e. The van der Waals surface area contributed by atoms with Gasteiger partial charge in [-0.05, 0) is 51.0 Å². The third-order valence-electron chi connectivity index (χ3n) is 5.82. The lowest BCUT2D eigenvalue weighted by atomic mass is 9.84. The minimum Gasteiger partial charge on any atom is -0.308 e. The number of aryl methyl sites for hydroxylation is 1. The maximum absolute atomic E-state index is 4.29. The van der Waals surface area contributed by atoms with Crippen molar-refractivity contribution < 1.29 is 0 Å². The highest BCUT2D eigenvalue weighted by atomic mass is 15.3. The Bertz CT molecular complexity index is 493. The van der Waals surface area contributed by atoms with E-state index in [0.29, 0.717) is 5.54 Å². The highest BCUT2D eigenvalue weighted by Crippen LogP contribution is 2.43. The van der Waals surface area contributed by atoms with Crippen molar-refractivity contribution in [2.24, 2.45) is 13.0 Å². The summed E-state index contributed by atoms with van der Waals surface area (Å²) in [5, 5.41) is 8.16. The summed E-state index contributed by atoms with van der Waals surface area (Å²) in [7, 11) is 1.99. The fourth-order valence-corrected chi connectivity index (χ4v) is 3.70. The Morgan fingerprint density at radius 3 is 2.71 bits per heavy atom. The van der Waals surface area contributed by atoms with Crippen LogP contribution < -0.4 is 5.32 Å². The van der Waals surface area contributed by atoms with E-state index in [1.54, 1.807) is 0 Å².